The van der Waals surface area contributed by atoms with E-state index in [-0.39, 0.29) is 0 Å². The lowest BCUT2D eigenvalue weighted by atomic mass is 9.77. The topological polar surface area (TPSA) is 37.8 Å². The Hall–Kier alpha value is -1.48. The molecule has 1 aromatic heterocycles. The van der Waals surface area contributed by atoms with E-state index >= 15 is 0 Å². The molecule has 17 heavy (non-hydrogen) atoms. The van der Waals surface area contributed by atoms with Crippen LogP contribution in [0.1, 0.15) is 30.9 Å². The van der Waals surface area contributed by atoms with Gasteiger partial charge in [0.15, 0.2) is 0 Å². The number of hydrogen-bond donors (Lipinski definition) is 1. The molecule has 88 valence electrons. The van der Waals surface area contributed by atoms with Crippen molar-refractivity contribution < 1.29 is 0 Å². The van der Waals surface area contributed by atoms with Crippen LogP contribution in [0.4, 0.5) is 0 Å². The van der Waals surface area contributed by atoms with Crippen LogP contribution in [-0.2, 0) is 0 Å². The van der Waals surface area contributed by atoms with Gasteiger partial charge in [0.05, 0.1) is 11.0 Å². The molecular formula is C14H17N3. The van der Waals surface area contributed by atoms with Crippen LogP contribution in [-0.4, -0.2) is 17.0 Å². The molecule has 0 amide bonds. The van der Waals surface area contributed by atoms with Gasteiger partial charge in [0, 0.05) is 18.4 Å². The van der Waals surface area contributed by atoms with Crippen LogP contribution in [0.3, 0.4) is 0 Å². The fraction of sp³-hybridized carbons (Fsp3) is 0.429. The van der Waals surface area contributed by atoms with Gasteiger partial charge in [-0.3, -0.25) is 9.97 Å². The summed E-state index contributed by atoms with van der Waals surface area (Å²) in [6, 6.07) is 6.88. The molecule has 1 aliphatic rings. The summed E-state index contributed by atoms with van der Waals surface area (Å²) in [7, 11) is 2.05. The molecule has 3 heteroatoms. The summed E-state index contributed by atoms with van der Waals surface area (Å²) in [6.45, 7) is 0. The molecule has 0 bridgehead atoms. The third-order valence-electron chi connectivity index (χ3n) is 3.78. The predicted molar refractivity (Wildman–Crippen MR) is 68.7 cm³/mol. The second kappa shape index (κ2) is 4.41. The summed E-state index contributed by atoms with van der Waals surface area (Å²) in [5.41, 5.74) is 3.30. The van der Waals surface area contributed by atoms with E-state index < -0.39 is 0 Å². The van der Waals surface area contributed by atoms with Crippen molar-refractivity contribution >= 4 is 11.0 Å². The summed E-state index contributed by atoms with van der Waals surface area (Å²) in [4.78, 5) is 8.68. The lowest BCUT2D eigenvalue weighted by molar-refractivity contribution is 0.239. The number of nitrogens with one attached hydrogen (secondary N) is 1. The first-order chi connectivity index (χ1) is 8.38. The Morgan fingerprint density at radius 3 is 2.59 bits per heavy atom. The molecule has 1 unspecified atom stereocenters. The van der Waals surface area contributed by atoms with Gasteiger partial charge in [-0.1, -0.05) is 12.5 Å². The molecule has 1 aliphatic carbocycles. The van der Waals surface area contributed by atoms with Crippen molar-refractivity contribution in [2.45, 2.75) is 25.3 Å². The van der Waals surface area contributed by atoms with Gasteiger partial charge in [-0.25, -0.2) is 0 Å². The third kappa shape index (κ3) is 1.91. The van der Waals surface area contributed by atoms with Crippen LogP contribution in [0.5, 0.6) is 0 Å². The maximum Gasteiger partial charge on any atom is 0.0890 e. The van der Waals surface area contributed by atoms with E-state index in [9.17, 15) is 0 Å². The standard InChI is InChI=1S/C14H17N3/c1-15-14(10-3-2-4-10)11-5-6-12-13(9-11)17-8-7-16-12/h5-10,14-15H,2-4H2,1H3. The van der Waals surface area contributed by atoms with E-state index in [0.29, 0.717) is 6.04 Å². The van der Waals surface area contributed by atoms with Gasteiger partial charge >= 0.3 is 0 Å². The van der Waals surface area contributed by atoms with Gasteiger partial charge in [0.1, 0.15) is 0 Å². The lowest BCUT2D eigenvalue weighted by Crippen LogP contribution is -2.29. The normalized spacial score (nSPS) is 17.9. The minimum absolute atomic E-state index is 0.468. The second-order valence-corrected chi connectivity index (χ2v) is 4.76. The van der Waals surface area contributed by atoms with Crippen LogP contribution in [0.25, 0.3) is 11.0 Å². The van der Waals surface area contributed by atoms with Crippen molar-refractivity contribution in [2.24, 2.45) is 5.92 Å². The van der Waals surface area contributed by atoms with Crippen LogP contribution < -0.4 is 5.32 Å². The number of fused-ring (bicyclic) bond motifs is 1. The molecule has 1 atom stereocenters. The van der Waals surface area contributed by atoms with Gasteiger partial charge in [0.2, 0.25) is 0 Å². The van der Waals surface area contributed by atoms with Gasteiger partial charge in [-0.05, 0) is 43.5 Å². The first kappa shape index (κ1) is 10.7. The maximum atomic E-state index is 4.37. The molecule has 1 N–H and O–H groups in total. The summed E-state index contributed by atoms with van der Waals surface area (Å²) < 4.78 is 0. The van der Waals surface area contributed by atoms with E-state index in [0.717, 1.165) is 17.0 Å². The van der Waals surface area contributed by atoms with Gasteiger partial charge in [-0.15, -0.1) is 0 Å². The number of aromatic nitrogens is 2. The van der Waals surface area contributed by atoms with Crippen molar-refractivity contribution in [3.8, 4) is 0 Å². The monoisotopic (exact) mass is 227 g/mol. The number of rotatable bonds is 3. The fourth-order valence-electron chi connectivity index (χ4n) is 2.62. The summed E-state index contributed by atoms with van der Waals surface area (Å²) in [5, 5.41) is 3.44. The first-order valence-electron chi connectivity index (χ1n) is 6.26. The Morgan fingerprint density at radius 2 is 1.94 bits per heavy atom. The van der Waals surface area contributed by atoms with E-state index in [1.54, 1.807) is 12.4 Å². The highest BCUT2D eigenvalue weighted by molar-refractivity contribution is 5.74. The molecule has 1 aromatic carbocycles. The van der Waals surface area contributed by atoms with E-state index in [1.807, 2.05) is 7.05 Å². The van der Waals surface area contributed by atoms with Gasteiger partial charge < -0.3 is 5.32 Å². The maximum absolute atomic E-state index is 4.37. The van der Waals surface area contributed by atoms with Crippen molar-refractivity contribution in [2.75, 3.05) is 7.05 Å². The molecule has 2 aromatic rings. The van der Waals surface area contributed by atoms with Crippen LogP contribution in [0.15, 0.2) is 30.6 Å². The molecule has 0 aliphatic heterocycles. The van der Waals surface area contributed by atoms with Crippen LogP contribution in [0.2, 0.25) is 0 Å². The minimum Gasteiger partial charge on any atom is -0.313 e. The molecule has 3 nitrogen and oxygen atoms in total. The highest BCUT2D eigenvalue weighted by Crippen LogP contribution is 2.37. The number of benzene rings is 1. The Labute approximate surface area is 101 Å². The third-order valence-corrected chi connectivity index (χ3v) is 3.78. The zero-order chi connectivity index (χ0) is 11.7. The summed E-state index contributed by atoms with van der Waals surface area (Å²) >= 11 is 0. The lowest BCUT2D eigenvalue weighted by Gasteiger charge is -2.34. The average molecular weight is 227 g/mol. The zero-order valence-corrected chi connectivity index (χ0v) is 10.1. The van der Waals surface area contributed by atoms with Crippen molar-refractivity contribution in [3.05, 3.63) is 36.2 Å². The molecule has 1 heterocycles. The highest BCUT2D eigenvalue weighted by atomic mass is 14.9. The SMILES string of the molecule is CNC(c1ccc2nccnc2c1)C1CCC1. The van der Waals surface area contributed by atoms with Crippen LogP contribution in [0, 0.1) is 5.92 Å². The summed E-state index contributed by atoms with van der Waals surface area (Å²) in [5.74, 6) is 0.786. The first-order valence-corrected chi connectivity index (χ1v) is 6.26. The van der Waals surface area contributed by atoms with Gasteiger partial charge in [-0.2, -0.15) is 0 Å². The predicted octanol–water partition coefficient (Wildman–Crippen LogP) is 2.69. The zero-order valence-electron chi connectivity index (χ0n) is 10.1. The Balaban J connectivity index is 1.98. The fourth-order valence-corrected chi connectivity index (χ4v) is 2.62. The molecular weight excluding hydrogens is 210 g/mol. The van der Waals surface area contributed by atoms with Crippen LogP contribution >= 0.6 is 0 Å². The molecule has 3 rings (SSSR count). The molecule has 1 saturated carbocycles. The number of nitrogens with zero attached hydrogens (tertiary/aromatic N) is 2. The largest absolute Gasteiger partial charge is 0.313 e. The quantitative estimate of drug-likeness (QED) is 0.876. The molecule has 0 saturated heterocycles. The Morgan fingerprint density at radius 1 is 1.18 bits per heavy atom. The van der Waals surface area contributed by atoms with E-state index in [2.05, 4.69) is 33.5 Å². The average Bonchev–Trinajstić information content (AvgIpc) is 2.33. The summed E-state index contributed by atoms with van der Waals surface area (Å²) in [6.07, 6.45) is 7.54. The van der Waals surface area contributed by atoms with Crippen molar-refractivity contribution in [1.82, 2.24) is 15.3 Å². The molecule has 0 spiro atoms. The van der Waals surface area contributed by atoms with Crippen molar-refractivity contribution in [3.63, 3.8) is 0 Å². The Bertz CT molecular complexity index is 520. The Kier molecular flexibility index (Phi) is 2.77. The van der Waals surface area contributed by atoms with Crippen molar-refractivity contribution in [1.29, 1.82) is 0 Å². The highest BCUT2D eigenvalue weighted by Gasteiger charge is 2.27. The van der Waals surface area contributed by atoms with Gasteiger partial charge in [0.25, 0.3) is 0 Å². The minimum atomic E-state index is 0.468. The molecule has 1 fully saturated rings. The number of hydrogen-bond acceptors (Lipinski definition) is 3. The molecule has 0 radical (unpaired) electrons. The smallest absolute Gasteiger partial charge is 0.0890 e. The van der Waals surface area contributed by atoms with E-state index in [4.69, 9.17) is 0 Å². The van der Waals surface area contributed by atoms with E-state index in [1.165, 1.54) is 24.8 Å². The second-order valence-electron chi connectivity index (χ2n) is 4.76.